The quantitative estimate of drug-likeness (QED) is 0.630. The first kappa shape index (κ1) is 14.1. The summed E-state index contributed by atoms with van der Waals surface area (Å²) < 4.78 is 1.74. The number of imidazole rings is 1. The van der Waals surface area contributed by atoms with E-state index >= 15 is 0 Å². The van der Waals surface area contributed by atoms with E-state index in [1.165, 1.54) is 6.33 Å². The van der Waals surface area contributed by atoms with Crippen LogP contribution in [0.4, 0.5) is 5.82 Å². The van der Waals surface area contributed by atoms with Crippen molar-refractivity contribution >= 4 is 22.5 Å². The van der Waals surface area contributed by atoms with Crippen LogP contribution in [0, 0.1) is 0 Å². The van der Waals surface area contributed by atoms with Gasteiger partial charge in [0.2, 0.25) is 0 Å². The fraction of sp³-hybridized carbons (Fsp3) is 0. The molecule has 0 unspecified atom stereocenters. The fourth-order valence-electron chi connectivity index (χ4n) is 2.47. The molecule has 2 aromatic carbocycles. The number of amides is 1. The molecular weight excluding hydrogens is 302 g/mol. The number of hydrogen-bond acceptors (Lipinski definition) is 4. The zero-order valence-electron chi connectivity index (χ0n) is 12.6. The fourth-order valence-corrected chi connectivity index (χ4v) is 2.47. The van der Waals surface area contributed by atoms with Gasteiger partial charge in [0.25, 0.3) is 5.91 Å². The Balaban J connectivity index is 1.60. The van der Waals surface area contributed by atoms with E-state index in [9.17, 15) is 4.79 Å². The summed E-state index contributed by atoms with van der Waals surface area (Å²) in [4.78, 5) is 24.7. The Morgan fingerprint density at radius 3 is 2.71 bits per heavy atom. The average molecular weight is 315 g/mol. The molecule has 0 saturated carbocycles. The summed E-state index contributed by atoms with van der Waals surface area (Å²) in [5, 5.41) is 4.92. The Morgan fingerprint density at radius 2 is 1.88 bits per heavy atom. The molecule has 4 rings (SSSR count). The maximum atomic E-state index is 12.5. The van der Waals surface area contributed by atoms with E-state index in [0.717, 1.165) is 10.8 Å². The van der Waals surface area contributed by atoms with Crippen molar-refractivity contribution < 1.29 is 4.79 Å². The first-order valence-electron chi connectivity index (χ1n) is 7.40. The van der Waals surface area contributed by atoms with Gasteiger partial charge in [0.1, 0.15) is 24.3 Å². The van der Waals surface area contributed by atoms with Crippen LogP contribution in [0.1, 0.15) is 10.4 Å². The minimum Gasteiger partial charge on any atom is -0.306 e. The maximum Gasteiger partial charge on any atom is 0.256 e. The highest BCUT2D eigenvalue weighted by Gasteiger charge is 2.09. The third kappa shape index (κ3) is 2.72. The highest BCUT2D eigenvalue weighted by molar-refractivity contribution is 6.06. The molecule has 1 amide bonds. The molecule has 0 spiro atoms. The number of aromatic nitrogens is 4. The summed E-state index contributed by atoms with van der Waals surface area (Å²) in [5.74, 6) is 0.860. The zero-order valence-corrected chi connectivity index (χ0v) is 12.6. The molecule has 0 bridgehead atoms. The van der Waals surface area contributed by atoms with E-state index in [0.29, 0.717) is 17.2 Å². The van der Waals surface area contributed by atoms with Crippen molar-refractivity contribution in [1.82, 2.24) is 19.5 Å². The van der Waals surface area contributed by atoms with Crippen molar-refractivity contribution in [2.24, 2.45) is 0 Å². The number of carbonyl (C=O) groups is 1. The van der Waals surface area contributed by atoms with Gasteiger partial charge in [-0.25, -0.2) is 15.0 Å². The molecule has 6 heteroatoms. The normalized spacial score (nSPS) is 10.7. The lowest BCUT2D eigenvalue weighted by atomic mass is 10.1. The lowest BCUT2D eigenvalue weighted by Gasteiger charge is -2.07. The molecule has 6 nitrogen and oxygen atoms in total. The molecule has 0 aliphatic rings. The molecule has 0 aliphatic carbocycles. The van der Waals surface area contributed by atoms with Crippen LogP contribution in [0.2, 0.25) is 0 Å². The summed E-state index contributed by atoms with van der Waals surface area (Å²) in [7, 11) is 0. The van der Waals surface area contributed by atoms with Gasteiger partial charge in [0.15, 0.2) is 0 Å². The number of nitrogens with one attached hydrogen (secondary N) is 1. The largest absolute Gasteiger partial charge is 0.306 e. The maximum absolute atomic E-state index is 12.5. The second-order valence-electron chi connectivity index (χ2n) is 5.25. The van der Waals surface area contributed by atoms with E-state index < -0.39 is 0 Å². The SMILES string of the molecule is O=C(Nc1cc(-n2ccnc2)ncn1)c1ccc2ccccc2c1. The lowest BCUT2D eigenvalue weighted by Crippen LogP contribution is -2.13. The molecule has 1 N–H and O–H groups in total. The third-order valence-electron chi connectivity index (χ3n) is 3.67. The smallest absolute Gasteiger partial charge is 0.256 e. The Hall–Kier alpha value is -3.54. The van der Waals surface area contributed by atoms with E-state index in [4.69, 9.17) is 0 Å². The Labute approximate surface area is 137 Å². The number of benzene rings is 2. The Morgan fingerprint density at radius 1 is 1.00 bits per heavy atom. The number of fused-ring (bicyclic) bond motifs is 1. The third-order valence-corrected chi connectivity index (χ3v) is 3.67. The van der Waals surface area contributed by atoms with Crippen LogP contribution in [-0.2, 0) is 0 Å². The van der Waals surface area contributed by atoms with Gasteiger partial charge in [-0.1, -0.05) is 30.3 Å². The van der Waals surface area contributed by atoms with Crippen molar-refractivity contribution in [3.8, 4) is 5.82 Å². The predicted octanol–water partition coefficient (Wildman–Crippen LogP) is 3.07. The van der Waals surface area contributed by atoms with E-state index in [1.54, 1.807) is 35.4 Å². The minimum atomic E-state index is -0.212. The monoisotopic (exact) mass is 315 g/mol. The van der Waals surface area contributed by atoms with Gasteiger partial charge in [-0.05, 0) is 22.9 Å². The molecule has 2 aromatic heterocycles. The van der Waals surface area contributed by atoms with E-state index in [1.807, 2.05) is 36.4 Å². The van der Waals surface area contributed by atoms with Crippen LogP contribution in [0.25, 0.3) is 16.6 Å². The topological polar surface area (TPSA) is 72.7 Å². The standard InChI is InChI=1S/C18H13N5O/c24-18(15-6-5-13-3-1-2-4-14(13)9-15)22-16-10-17(21-11-20-16)23-8-7-19-12-23/h1-12H,(H,20,21,22,24). The molecule has 0 saturated heterocycles. The van der Waals surface area contributed by atoms with Crippen molar-refractivity contribution in [2.45, 2.75) is 0 Å². The lowest BCUT2D eigenvalue weighted by molar-refractivity contribution is 0.102. The van der Waals surface area contributed by atoms with Gasteiger partial charge in [-0.2, -0.15) is 0 Å². The van der Waals surface area contributed by atoms with Crippen molar-refractivity contribution in [1.29, 1.82) is 0 Å². The molecule has 0 atom stereocenters. The zero-order chi connectivity index (χ0) is 16.4. The Bertz CT molecular complexity index is 1010. The van der Waals surface area contributed by atoms with E-state index in [-0.39, 0.29) is 5.91 Å². The first-order valence-corrected chi connectivity index (χ1v) is 7.40. The number of anilines is 1. The summed E-state index contributed by atoms with van der Waals surface area (Å²) in [6.45, 7) is 0. The summed E-state index contributed by atoms with van der Waals surface area (Å²) in [6.07, 6.45) is 6.48. The second-order valence-corrected chi connectivity index (χ2v) is 5.25. The van der Waals surface area contributed by atoms with Gasteiger partial charge in [-0.15, -0.1) is 0 Å². The number of carbonyl (C=O) groups excluding carboxylic acids is 1. The average Bonchev–Trinajstić information content (AvgIpc) is 3.16. The molecule has 0 radical (unpaired) electrons. The van der Waals surface area contributed by atoms with Gasteiger partial charge < -0.3 is 5.32 Å². The van der Waals surface area contributed by atoms with Crippen LogP contribution in [0.15, 0.2) is 73.6 Å². The first-order chi connectivity index (χ1) is 11.8. The molecule has 4 aromatic rings. The molecule has 0 fully saturated rings. The highest BCUT2D eigenvalue weighted by Crippen LogP contribution is 2.17. The van der Waals surface area contributed by atoms with Crippen molar-refractivity contribution in [3.05, 3.63) is 79.1 Å². The summed E-state index contributed by atoms with van der Waals surface area (Å²) >= 11 is 0. The van der Waals surface area contributed by atoms with Crippen LogP contribution < -0.4 is 5.32 Å². The van der Waals surface area contributed by atoms with Gasteiger partial charge in [0.05, 0.1) is 0 Å². The molecule has 116 valence electrons. The van der Waals surface area contributed by atoms with Gasteiger partial charge in [-0.3, -0.25) is 9.36 Å². The summed E-state index contributed by atoms with van der Waals surface area (Å²) in [5.41, 5.74) is 0.580. The number of hydrogen-bond donors (Lipinski definition) is 1. The predicted molar refractivity (Wildman–Crippen MR) is 91.1 cm³/mol. The van der Waals surface area contributed by atoms with Gasteiger partial charge >= 0.3 is 0 Å². The molecule has 0 aliphatic heterocycles. The van der Waals surface area contributed by atoms with Crippen LogP contribution >= 0.6 is 0 Å². The molecule has 24 heavy (non-hydrogen) atoms. The van der Waals surface area contributed by atoms with E-state index in [2.05, 4.69) is 20.3 Å². The highest BCUT2D eigenvalue weighted by atomic mass is 16.1. The molecular formula is C18H13N5O. The van der Waals surface area contributed by atoms with Gasteiger partial charge in [0, 0.05) is 24.0 Å². The number of rotatable bonds is 3. The minimum absolute atomic E-state index is 0.212. The van der Waals surface area contributed by atoms with Crippen molar-refractivity contribution in [3.63, 3.8) is 0 Å². The Kier molecular flexibility index (Phi) is 3.47. The van der Waals surface area contributed by atoms with Crippen LogP contribution in [0.3, 0.4) is 0 Å². The second kappa shape index (κ2) is 5.92. The number of nitrogens with zero attached hydrogens (tertiary/aromatic N) is 4. The summed E-state index contributed by atoms with van der Waals surface area (Å²) in [6, 6.07) is 15.2. The van der Waals surface area contributed by atoms with Crippen LogP contribution in [0.5, 0.6) is 0 Å². The van der Waals surface area contributed by atoms with Crippen molar-refractivity contribution in [2.75, 3.05) is 5.32 Å². The molecule has 2 heterocycles. The van der Waals surface area contributed by atoms with Crippen LogP contribution in [-0.4, -0.2) is 25.4 Å².